The highest BCUT2D eigenvalue weighted by molar-refractivity contribution is 6.03. The summed E-state index contributed by atoms with van der Waals surface area (Å²) in [6.45, 7) is 14.0. The Morgan fingerprint density at radius 1 is 0.778 bits per heavy atom. The molecular weight excluding hydrogens is 440 g/mol. The summed E-state index contributed by atoms with van der Waals surface area (Å²) in [6.07, 6.45) is 5.28. The average Bonchev–Trinajstić information content (AvgIpc) is 2.92. The van der Waals surface area contributed by atoms with Crippen molar-refractivity contribution in [3.8, 4) is 33.5 Å². The molecule has 5 aromatic rings. The number of aryl methyl sites for hydroxylation is 1. The van der Waals surface area contributed by atoms with Crippen molar-refractivity contribution in [3.05, 3.63) is 109 Å². The SMILES string of the molecule is C=Cc1nc(-c2ccc(-c3cc(CN=C)cc(-c4ccc(C)cc4)c3)cc2)c2ccncc2c1N=C. The number of hydrogen-bond acceptors (Lipinski definition) is 4. The van der Waals surface area contributed by atoms with E-state index in [-0.39, 0.29) is 0 Å². The van der Waals surface area contributed by atoms with Gasteiger partial charge in [0.2, 0.25) is 0 Å². The minimum atomic E-state index is 0.572. The van der Waals surface area contributed by atoms with Gasteiger partial charge in [0.1, 0.15) is 0 Å². The van der Waals surface area contributed by atoms with Gasteiger partial charge in [0.25, 0.3) is 0 Å². The molecule has 0 N–H and O–H groups in total. The zero-order valence-electron chi connectivity index (χ0n) is 20.3. The lowest BCUT2D eigenvalue weighted by Gasteiger charge is -2.13. The van der Waals surface area contributed by atoms with Gasteiger partial charge in [-0.1, -0.05) is 60.7 Å². The average molecular weight is 467 g/mol. The van der Waals surface area contributed by atoms with E-state index in [0.29, 0.717) is 17.9 Å². The van der Waals surface area contributed by atoms with Crippen LogP contribution in [0, 0.1) is 6.92 Å². The number of nitrogens with zero attached hydrogens (tertiary/aromatic N) is 4. The third-order valence-corrected chi connectivity index (χ3v) is 6.32. The quantitative estimate of drug-likeness (QED) is 0.227. The van der Waals surface area contributed by atoms with E-state index in [9.17, 15) is 0 Å². The fraction of sp³-hybridized carbons (Fsp3) is 0.0625. The summed E-state index contributed by atoms with van der Waals surface area (Å²) in [6, 6.07) is 25.6. The number of hydrogen-bond donors (Lipinski definition) is 0. The van der Waals surface area contributed by atoms with Crippen LogP contribution in [0.2, 0.25) is 0 Å². The van der Waals surface area contributed by atoms with Gasteiger partial charge in [0.05, 0.1) is 23.6 Å². The maximum Gasteiger partial charge on any atom is 0.0973 e. The van der Waals surface area contributed by atoms with E-state index in [4.69, 9.17) is 4.98 Å². The summed E-state index contributed by atoms with van der Waals surface area (Å²) in [5, 5.41) is 1.88. The van der Waals surface area contributed by atoms with Crippen molar-refractivity contribution in [2.24, 2.45) is 9.98 Å². The number of aliphatic imine (C=N–C) groups is 2. The monoisotopic (exact) mass is 466 g/mol. The van der Waals surface area contributed by atoms with E-state index in [2.05, 4.69) is 109 Å². The van der Waals surface area contributed by atoms with Gasteiger partial charge in [-0.3, -0.25) is 15.0 Å². The Balaban J connectivity index is 1.60. The molecule has 3 aromatic carbocycles. The summed E-state index contributed by atoms with van der Waals surface area (Å²) in [7, 11) is 0. The van der Waals surface area contributed by atoms with E-state index < -0.39 is 0 Å². The van der Waals surface area contributed by atoms with Crippen molar-refractivity contribution in [2.45, 2.75) is 13.5 Å². The van der Waals surface area contributed by atoms with Gasteiger partial charge < -0.3 is 0 Å². The van der Waals surface area contributed by atoms with E-state index in [1.165, 1.54) is 16.7 Å². The van der Waals surface area contributed by atoms with Crippen LogP contribution in [0.15, 0.2) is 102 Å². The Bertz CT molecular complexity index is 1600. The van der Waals surface area contributed by atoms with Crippen LogP contribution < -0.4 is 0 Å². The molecule has 36 heavy (non-hydrogen) atoms. The van der Waals surface area contributed by atoms with Crippen LogP contribution in [-0.4, -0.2) is 23.4 Å². The fourth-order valence-electron chi connectivity index (χ4n) is 4.50. The van der Waals surface area contributed by atoms with Crippen molar-refractivity contribution < 1.29 is 0 Å². The molecule has 0 saturated heterocycles. The molecule has 0 aliphatic heterocycles. The van der Waals surface area contributed by atoms with Gasteiger partial charge in [0.15, 0.2) is 0 Å². The molecule has 5 rings (SSSR count). The van der Waals surface area contributed by atoms with E-state index in [1.807, 2.05) is 6.07 Å². The summed E-state index contributed by atoms with van der Waals surface area (Å²) in [5.74, 6) is 0. The molecule has 0 bridgehead atoms. The largest absolute Gasteiger partial charge is 0.296 e. The molecule has 4 heteroatoms. The molecule has 2 heterocycles. The van der Waals surface area contributed by atoms with E-state index in [1.54, 1.807) is 18.5 Å². The van der Waals surface area contributed by atoms with Gasteiger partial charge >= 0.3 is 0 Å². The van der Waals surface area contributed by atoms with Crippen molar-refractivity contribution in [1.29, 1.82) is 0 Å². The smallest absolute Gasteiger partial charge is 0.0973 e. The van der Waals surface area contributed by atoms with Gasteiger partial charge in [-0.05, 0) is 78.5 Å². The predicted octanol–water partition coefficient (Wildman–Crippen LogP) is 8.11. The highest BCUT2D eigenvalue weighted by Crippen LogP contribution is 2.36. The van der Waals surface area contributed by atoms with Gasteiger partial charge in [-0.2, -0.15) is 0 Å². The Morgan fingerprint density at radius 2 is 1.42 bits per heavy atom. The molecule has 0 unspecified atom stereocenters. The predicted molar refractivity (Wildman–Crippen MR) is 153 cm³/mol. The summed E-state index contributed by atoms with van der Waals surface area (Å²) in [5.41, 5.74) is 10.2. The Kier molecular flexibility index (Phi) is 6.33. The first-order valence-electron chi connectivity index (χ1n) is 11.7. The molecular formula is C32H26N4. The first kappa shape index (κ1) is 23.1. The normalized spacial score (nSPS) is 10.8. The van der Waals surface area contributed by atoms with Gasteiger partial charge in [0, 0.05) is 28.7 Å². The summed E-state index contributed by atoms with van der Waals surface area (Å²) < 4.78 is 0. The van der Waals surface area contributed by atoms with Crippen molar-refractivity contribution >= 4 is 36.0 Å². The van der Waals surface area contributed by atoms with Crippen LogP contribution in [0.1, 0.15) is 16.8 Å². The standard InChI is InChI=1S/C32H26N4/c1-5-30-32(34-4)29-20-35-15-14-28(29)31(36-30)25-12-10-24(11-13-25)27-17-22(19-33-3)16-26(18-27)23-8-6-21(2)7-9-23/h5-18,20H,1,3-4,19H2,2H3. The molecule has 174 valence electrons. The summed E-state index contributed by atoms with van der Waals surface area (Å²) >= 11 is 0. The first-order valence-corrected chi connectivity index (χ1v) is 11.7. The number of rotatable bonds is 7. The minimum absolute atomic E-state index is 0.572. The zero-order chi connectivity index (χ0) is 25.1. The second-order valence-corrected chi connectivity index (χ2v) is 8.72. The lowest BCUT2D eigenvalue weighted by molar-refractivity contribution is 1.08. The topological polar surface area (TPSA) is 50.5 Å². The zero-order valence-corrected chi connectivity index (χ0v) is 20.3. The number of aromatic nitrogens is 2. The molecule has 0 aliphatic rings. The van der Waals surface area contributed by atoms with Crippen LogP contribution in [0.5, 0.6) is 0 Å². The van der Waals surface area contributed by atoms with Crippen LogP contribution in [0.4, 0.5) is 5.69 Å². The van der Waals surface area contributed by atoms with Gasteiger partial charge in [-0.15, -0.1) is 0 Å². The molecule has 0 saturated carbocycles. The number of fused-ring (bicyclic) bond motifs is 1. The molecule has 0 radical (unpaired) electrons. The van der Waals surface area contributed by atoms with Crippen LogP contribution >= 0.6 is 0 Å². The third-order valence-electron chi connectivity index (χ3n) is 6.32. The highest BCUT2D eigenvalue weighted by Gasteiger charge is 2.14. The maximum absolute atomic E-state index is 4.86. The lowest BCUT2D eigenvalue weighted by Crippen LogP contribution is -1.93. The molecule has 4 nitrogen and oxygen atoms in total. The van der Waals surface area contributed by atoms with E-state index >= 15 is 0 Å². The highest BCUT2D eigenvalue weighted by atomic mass is 14.8. The second-order valence-electron chi connectivity index (χ2n) is 8.72. The third kappa shape index (κ3) is 4.37. The van der Waals surface area contributed by atoms with Crippen LogP contribution in [0.3, 0.4) is 0 Å². The Hall–Kier alpha value is -4.70. The molecule has 0 spiro atoms. The molecule has 0 fully saturated rings. The Morgan fingerprint density at radius 3 is 2.03 bits per heavy atom. The molecule has 2 aromatic heterocycles. The molecule has 0 atom stereocenters. The van der Waals surface area contributed by atoms with Gasteiger partial charge in [-0.25, -0.2) is 4.98 Å². The van der Waals surface area contributed by atoms with Crippen LogP contribution in [0.25, 0.3) is 50.4 Å². The number of benzene rings is 3. The second kappa shape index (κ2) is 9.88. The fourth-order valence-corrected chi connectivity index (χ4v) is 4.50. The first-order chi connectivity index (χ1) is 17.6. The van der Waals surface area contributed by atoms with Crippen LogP contribution in [-0.2, 0) is 6.54 Å². The number of pyridine rings is 2. The molecule has 0 aliphatic carbocycles. The van der Waals surface area contributed by atoms with Crippen molar-refractivity contribution in [3.63, 3.8) is 0 Å². The van der Waals surface area contributed by atoms with Crippen molar-refractivity contribution in [1.82, 2.24) is 9.97 Å². The lowest BCUT2D eigenvalue weighted by atomic mass is 9.94. The van der Waals surface area contributed by atoms with Crippen molar-refractivity contribution in [2.75, 3.05) is 0 Å². The molecule has 0 amide bonds. The maximum atomic E-state index is 4.86. The Labute approximate surface area is 211 Å². The van der Waals surface area contributed by atoms with E-state index in [0.717, 1.165) is 38.7 Å². The summed E-state index contributed by atoms with van der Waals surface area (Å²) in [4.78, 5) is 17.5. The minimum Gasteiger partial charge on any atom is -0.296 e.